The zero-order chi connectivity index (χ0) is 15.3. The van der Waals surface area contributed by atoms with Crippen LogP contribution in [0.3, 0.4) is 0 Å². The molecule has 8 heteroatoms. The highest BCUT2D eigenvalue weighted by molar-refractivity contribution is 7.93. The summed E-state index contributed by atoms with van der Waals surface area (Å²) in [6, 6.07) is 0. The Morgan fingerprint density at radius 3 is 2.86 bits per heavy atom. The summed E-state index contributed by atoms with van der Waals surface area (Å²) < 4.78 is 29.1. The zero-order valence-corrected chi connectivity index (χ0v) is 13.7. The second-order valence-electron chi connectivity index (χ2n) is 5.74. The average Bonchev–Trinajstić information content (AvgIpc) is 2.90. The number of aromatic nitrogens is 1. The number of hydrogen-bond acceptors (Lipinski definition) is 6. The number of ether oxygens (including phenoxy) is 1. The van der Waals surface area contributed by atoms with Crippen molar-refractivity contribution in [3.8, 4) is 0 Å². The Hall–Kier alpha value is -0.990. The van der Waals surface area contributed by atoms with Gasteiger partial charge in [-0.1, -0.05) is 0 Å². The molecule has 2 aliphatic rings. The molecular formula is C13H18N2O4S2. The number of likely N-dealkylation sites (tertiary alicyclic amines) is 1. The van der Waals surface area contributed by atoms with E-state index in [1.54, 1.807) is 17.4 Å². The van der Waals surface area contributed by atoms with Crippen molar-refractivity contribution in [3.05, 3.63) is 16.1 Å². The first kappa shape index (κ1) is 14.9. The van der Waals surface area contributed by atoms with Crippen molar-refractivity contribution in [3.63, 3.8) is 0 Å². The molecule has 2 aliphatic heterocycles. The summed E-state index contributed by atoms with van der Waals surface area (Å²) in [4.78, 5) is 18.1. The maximum atomic E-state index is 12.4. The van der Waals surface area contributed by atoms with Gasteiger partial charge in [-0.3, -0.25) is 4.79 Å². The van der Waals surface area contributed by atoms with E-state index in [1.807, 2.05) is 6.92 Å². The van der Waals surface area contributed by atoms with Crippen LogP contribution in [-0.4, -0.2) is 61.5 Å². The number of methoxy groups -OCH3 is 1. The molecule has 1 aromatic heterocycles. The van der Waals surface area contributed by atoms with E-state index < -0.39 is 14.6 Å². The molecule has 0 N–H and O–H groups in total. The third-order valence-corrected chi connectivity index (χ3v) is 7.89. The molecule has 0 aliphatic carbocycles. The van der Waals surface area contributed by atoms with E-state index in [0.29, 0.717) is 18.7 Å². The van der Waals surface area contributed by atoms with Gasteiger partial charge in [0.05, 0.1) is 17.4 Å². The zero-order valence-electron chi connectivity index (χ0n) is 12.0. The second kappa shape index (κ2) is 5.03. The van der Waals surface area contributed by atoms with E-state index in [4.69, 9.17) is 4.74 Å². The number of amides is 1. The van der Waals surface area contributed by atoms with E-state index in [0.717, 1.165) is 5.01 Å². The quantitative estimate of drug-likeness (QED) is 0.816. The first-order valence-corrected chi connectivity index (χ1v) is 9.35. The minimum absolute atomic E-state index is 0.0197. The molecule has 0 saturated carbocycles. The molecule has 3 heterocycles. The van der Waals surface area contributed by atoms with Crippen molar-refractivity contribution in [2.45, 2.75) is 18.1 Å². The molecule has 1 unspecified atom stereocenters. The van der Waals surface area contributed by atoms with Crippen molar-refractivity contribution < 1.29 is 17.9 Å². The Kier molecular flexibility index (Phi) is 3.58. The molecule has 1 spiro atoms. The fourth-order valence-electron chi connectivity index (χ4n) is 3.28. The summed E-state index contributed by atoms with van der Waals surface area (Å²) in [5.74, 6) is -0.00394. The molecule has 2 fully saturated rings. The standard InChI is InChI=1S/C13H18N2O4S2/c1-9-14-11(6-20-9)12(16)15-7-13(8-15)10(5-19-2)3-4-21(13,17)18/h6,10H,3-5,7-8H2,1-2H3. The van der Waals surface area contributed by atoms with Crippen LogP contribution in [0, 0.1) is 12.8 Å². The predicted molar refractivity (Wildman–Crippen MR) is 79.3 cm³/mol. The third-order valence-electron chi connectivity index (χ3n) is 4.51. The highest BCUT2D eigenvalue weighted by atomic mass is 32.2. The molecule has 1 aromatic rings. The first-order valence-electron chi connectivity index (χ1n) is 6.82. The van der Waals surface area contributed by atoms with Crippen LogP contribution in [0.2, 0.25) is 0 Å². The number of thiazole rings is 1. The largest absolute Gasteiger partial charge is 0.384 e. The van der Waals surface area contributed by atoms with Gasteiger partial charge in [0, 0.05) is 31.5 Å². The van der Waals surface area contributed by atoms with Crippen LogP contribution in [0.25, 0.3) is 0 Å². The summed E-state index contributed by atoms with van der Waals surface area (Å²) >= 11 is 1.42. The van der Waals surface area contributed by atoms with Crippen molar-refractivity contribution >= 4 is 27.1 Å². The maximum absolute atomic E-state index is 12.4. The van der Waals surface area contributed by atoms with Gasteiger partial charge in [-0.05, 0) is 13.3 Å². The lowest BCUT2D eigenvalue weighted by molar-refractivity contribution is 0.0332. The summed E-state index contributed by atoms with van der Waals surface area (Å²) in [5, 5.41) is 2.55. The molecule has 2 saturated heterocycles. The Morgan fingerprint density at radius 1 is 1.57 bits per heavy atom. The van der Waals surface area contributed by atoms with Gasteiger partial charge in [-0.25, -0.2) is 13.4 Å². The van der Waals surface area contributed by atoms with Gasteiger partial charge in [0.1, 0.15) is 10.4 Å². The molecule has 3 rings (SSSR count). The highest BCUT2D eigenvalue weighted by Crippen LogP contribution is 2.45. The number of rotatable bonds is 3. The summed E-state index contributed by atoms with van der Waals surface area (Å²) in [7, 11) is -1.57. The Labute approximate surface area is 128 Å². The van der Waals surface area contributed by atoms with E-state index in [1.165, 1.54) is 11.3 Å². The number of aryl methyl sites for hydroxylation is 1. The van der Waals surface area contributed by atoms with Crippen molar-refractivity contribution in [1.82, 2.24) is 9.88 Å². The molecule has 1 atom stereocenters. The van der Waals surface area contributed by atoms with Crippen LogP contribution in [0.1, 0.15) is 21.9 Å². The fraction of sp³-hybridized carbons (Fsp3) is 0.692. The highest BCUT2D eigenvalue weighted by Gasteiger charge is 2.62. The van der Waals surface area contributed by atoms with E-state index in [9.17, 15) is 13.2 Å². The fourth-order valence-corrected chi connectivity index (χ4v) is 6.26. The summed E-state index contributed by atoms with van der Waals surface area (Å²) in [5.41, 5.74) is 0.408. The lowest BCUT2D eigenvalue weighted by atomic mass is 9.83. The van der Waals surface area contributed by atoms with E-state index in [-0.39, 0.29) is 30.7 Å². The molecule has 116 valence electrons. The molecule has 0 aromatic carbocycles. The van der Waals surface area contributed by atoms with Crippen LogP contribution in [-0.2, 0) is 14.6 Å². The lowest BCUT2D eigenvalue weighted by Crippen LogP contribution is -2.68. The van der Waals surface area contributed by atoms with Crippen molar-refractivity contribution in [1.29, 1.82) is 0 Å². The van der Waals surface area contributed by atoms with Gasteiger partial charge >= 0.3 is 0 Å². The van der Waals surface area contributed by atoms with Crippen LogP contribution >= 0.6 is 11.3 Å². The van der Waals surface area contributed by atoms with Gasteiger partial charge in [-0.2, -0.15) is 0 Å². The first-order chi connectivity index (χ1) is 9.89. The number of hydrogen-bond donors (Lipinski definition) is 0. The molecule has 0 radical (unpaired) electrons. The normalized spacial score (nSPS) is 26.0. The number of nitrogens with zero attached hydrogens (tertiary/aromatic N) is 2. The monoisotopic (exact) mass is 330 g/mol. The van der Waals surface area contributed by atoms with E-state index in [2.05, 4.69) is 4.98 Å². The van der Waals surface area contributed by atoms with Gasteiger partial charge in [0.25, 0.3) is 5.91 Å². The Bertz CT molecular complexity index is 661. The summed E-state index contributed by atoms with van der Waals surface area (Å²) in [6.07, 6.45) is 0.619. The van der Waals surface area contributed by atoms with Crippen molar-refractivity contribution in [2.75, 3.05) is 32.6 Å². The van der Waals surface area contributed by atoms with Gasteiger partial charge < -0.3 is 9.64 Å². The number of carbonyl (C=O) groups is 1. The second-order valence-corrected chi connectivity index (χ2v) is 9.25. The average molecular weight is 330 g/mol. The Morgan fingerprint density at radius 2 is 2.29 bits per heavy atom. The van der Waals surface area contributed by atoms with Crippen LogP contribution < -0.4 is 0 Å². The lowest BCUT2D eigenvalue weighted by Gasteiger charge is -2.49. The maximum Gasteiger partial charge on any atom is 0.273 e. The topological polar surface area (TPSA) is 76.6 Å². The number of sulfone groups is 1. The van der Waals surface area contributed by atoms with Gasteiger partial charge in [-0.15, -0.1) is 11.3 Å². The molecular weight excluding hydrogens is 312 g/mol. The van der Waals surface area contributed by atoms with E-state index >= 15 is 0 Å². The Balaban J connectivity index is 1.77. The van der Waals surface area contributed by atoms with Crippen LogP contribution in [0.5, 0.6) is 0 Å². The molecule has 6 nitrogen and oxygen atoms in total. The van der Waals surface area contributed by atoms with Crippen molar-refractivity contribution in [2.24, 2.45) is 5.92 Å². The molecule has 1 amide bonds. The minimum Gasteiger partial charge on any atom is -0.384 e. The predicted octanol–water partition coefficient (Wildman–Crippen LogP) is 0.727. The number of carbonyl (C=O) groups excluding carboxylic acids is 1. The molecule has 21 heavy (non-hydrogen) atoms. The van der Waals surface area contributed by atoms with Crippen LogP contribution in [0.4, 0.5) is 0 Å². The smallest absolute Gasteiger partial charge is 0.273 e. The molecule has 0 bridgehead atoms. The van der Waals surface area contributed by atoms with Crippen LogP contribution in [0.15, 0.2) is 5.38 Å². The third kappa shape index (κ3) is 2.20. The SMILES string of the molecule is COCC1CCS(=O)(=O)C12CN(C(=O)c1csc(C)n1)C2. The van der Waals surface area contributed by atoms with Gasteiger partial charge in [0.15, 0.2) is 9.84 Å². The summed E-state index contributed by atoms with van der Waals surface area (Å²) in [6.45, 7) is 2.80. The van der Waals surface area contributed by atoms with Gasteiger partial charge in [0.2, 0.25) is 0 Å². The minimum atomic E-state index is -3.16.